The van der Waals surface area contributed by atoms with Gasteiger partial charge in [0.1, 0.15) is 0 Å². The lowest BCUT2D eigenvalue weighted by atomic mass is 10.1. The van der Waals surface area contributed by atoms with Gasteiger partial charge in [0, 0.05) is 24.0 Å². The molecule has 124 valence electrons. The van der Waals surface area contributed by atoms with Crippen LogP contribution in [0.5, 0.6) is 0 Å². The van der Waals surface area contributed by atoms with E-state index in [-0.39, 0.29) is 11.3 Å². The number of anilines is 1. The highest BCUT2D eigenvalue weighted by atomic mass is 16.6. The molecule has 7 nitrogen and oxygen atoms in total. The Hall–Kier alpha value is -3.61. The van der Waals surface area contributed by atoms with Gasteiger partial charge in [0.25, 0.3) is 11.6 Å². The van der Waals surface area contributed by atoms with E-state index in [1.807, 2.05) is 30.3 Å². The number of carbonyl (C=O) groups is 1. The minimum absolute atomic E-state index is 0.0477. The van der Waals surface area contributed by atoms with E-state index in [1.54, 1.807) is 13.0 Å². The molecule has 0 atom stereocenters. The van der Waals surface area contributed by atoms with Gasteiger partial charge in [-0.05, 0) is 13.0 Å². The quantitative estimate of drug-likeness (QED) is 0.580. The molecule has 0 aliphatic carbocycles. The SMILES string of the molecule is Cc1c(NC(=O)c2cnc(-c3ccccc3)nc2)cccc1[N+](=O)[O-]. The summed E-state index contributed by atoms with van der Waals surface area (Å²) in [5.74, 6) is 0.0897. The number of nitrogens with one attached hydrogen (secondary N) is 1. The highest BCUT2D eigenvalue weighted by Gasteiger charge is 2.16. The number of benzene rings is 2. The Labute approximate surface area is 143 Å². The molecular formula is C18H14N4O3. The number of amides is 1. The molecule has 3 aromatic rings. The van der Waals surface area contributed by atoms with Gasteiger partial charge in [-0.2, -0.15) is 0 Å². The van der Waals surface area contributed by atoms with Crippen LogP contribution in [0.4, 0.5) is 11.4 Å². The summed E-state index contributed by atoms with van der Waals surface area (Å²) in [4.78, 5) is 31.2. The van der Waals surface area contributed by atoms with Gasteiger partial charge in [0.2, 0.25) is 0 Å². The van der Waals surface area contributed by atoms with Crippen LogP contribution in [0.15, 0.2) is 60.9 Å². The van der Waals surface area contributed by atoms with E-state index in [0.29, 0.717) is 17.1 Å². The maximum absolute atomic E-state index is 12.3. The third-order valence-electron chi connectivity index (χ3n) is 3.70. The molecule has 0 unspecified atom stereocenters. The summed E-state index contributed by atoms with van der Waals surface area (Å²) in [6, 6.07) is 13.9. The molecule has 1 heterocycles. The highest BCUT2D eigenvalue weighted by molar-refractivity contribution is 6.04. The zero-order valence-electron chi connectivity index (χ0n) is 13.3. The Bertz CT molecular complexity index is 925. The Morgan fingerprint density at radius 3 is 2.36 bits per heavy atom. The van der Waals surface area contributed by atoms with Gasteiger partial charge in [-0.3, -0.25) is 14.9 Å². The molecule has 0 radical (unpaired) electrons. The van der Waals surface area contributed by atoms with Crippen LogP contribution < -0.4 is 5.32 Å². The van der Waals surface area contributed by atoms with Crippen LogP contribution in [0.2, 0.25) is 0 Å². The third kappa shape index (κ3) is 3.50. The highest BCUT2D eigenvalue weighted by Crippen LogP contribution is 2.25. The predicted octanol–water partition coefficient (Wildman–Crippen LogP) is 3.61. The smallest absolute Gasteiger partial charge is 0.274 e. The minimum atomic E-state index is -0.483. The molecule has 0 fully saturated rings. The number of hydrogen-bond donors (Lipinski definition) is 1. The molecule has 0 bridgehead atoms. The largest absolute Gasteiger partial charge is 0.321 e. The number of nitro benzene ring substituents is 1. The Morgan fingerprint density at radius 1 is 1.04 bits per heavy atom. The van der Waals surface area contributed by atoms with Gasteiger partial charge >= 0.3 is 0 Å². The van der Waals surface area contributed by atoms with Crippen LogP contribution >= 0.6 is 0 Å². The zero-order valence-corrected chi connectivity index (χ0v) is 13.3. The molecule has 25 heavy (non-hydrogen) atoms. The summed E-state index contributed by atoms with van der Waals surface area (Å²) < 4.78 is 0. The molecule has 0 saturated heterocycles. The summed E-state index contributed by atoms with van der Waals surface area (Å²) in [6.07, 6.45) is 2.86. The van der Waals surface area contributed by atoms with Crippen molar-refractivity contribution in [2.45, 2.75) is 6.92 Å². The van der Waals surface area contributed by atoms with E-state index in [0.717, 1.165) is 5.56 Å². The molecule has 0 saturated carbocycles. The van der Waals surface area contributed by atoms with Crippen molar-refractivity contribution >= 4 is 17.3 Å². The number of aromatic nitrogens is 2. The van der Waals surface area contributed by atoms with Crippen molar-refractivity contribution in [2.75, 3.05) is 5.32 Å². The van der Waals surface area contributed by atoms with Crippen molar-refractivity contribution in [3.8, 4) is 11.4 Å². The van der Waals surface area contributed by atoms with Crippen LogP contribution in [0.25, 0.3) is 11.4 Å². The lowest BCUT2D eigenvalue weighted by molar-refractivity contribution is -0.385. The molecule has 1 amide bonds. The van der Waals surface area contributed by atoms with Crippen molar-refractivity contribution in [3.63, 3.8) is 0 Å². The van der Waals surface area contributed by atoms with E-state index in [4.69, 9.17) is 0 Å². The van der Waals surface area contributed by atoms with Crippen LogP contribution in [-0.2, 0) is 0 Å². The summed E-state index contributed by atoms with van der Waals surface area (Å²) in [5.41, 5.74) is 1.84. The molecule has 3 rings (SSSR count). The van der Waals surface area contributed by atoms with E-state index >= 15 is 0 Å². The summed E-state index contributed by atoms with van der Waals surface area (Å²) >= 11 is 0. The van der Waals surface area contributed by atoms with E-state index in [1.165, 1.54) is 24.5 Å². The molecule has 2 aromatic carbocycles. The van der Waals surface area contributed by atoms with Crippen molar-refractivity contribution < 1.29 is 9.72 Å². The molecule has 0 spiro atoms. The topological polar surface area (TPSA) is 98.0 Å². The second-order valence-electron chi connectivity index (χ2n) is 5.32. The first-order valence-corrected chi connectivity index (χ1v) is 7.49. The number of nitro groups is 1. The average molecular weight is 334 g/mol. The summed E-state index contributed by atoms with van der Waals surface area (Å²) in [7, 11) is 0. The van der Waals surface area contributed by atoms with Crippen molar-refractivity contribution in [2.24, 2.45) is 0 Å². The number of hydrogen-bond acceptors (Lipinski definition) is 5. The van der Waals surface area contributed by atoms with Crippen LogP contribution in [0.1, 0.15) is 15.9 Å². The van der Waals surface area contributed by atoms with E-state index in [9.17, 15) is 14.9 Å². The lowest BCUT2D eigenvalue weighted by Crippen LogP contribution is -2.14. The Morgan fingerprint density at radius 2 is 1.72 bits per heavy atom. The standard InChI is InChI=1S/C18H14N4O3/c1-12-15(8-5-9-16(12)22(24)25)21-18(23)14-10-19-17(20-11-14)13-6-3-2-4-7-13/h2-11H,1H3,(H,21,23). The van der Waals surface area contributed by atoms with E-state index in [2.05, 4.69) is 15.3 Å². The summed E-state index contributed by atoms with van der Waals surface area (Å²) in [5, 5.41) is 13.6. The summed E-state index contributed by atoms with van der Waals surface area (Å²) in [6.45, 7) is 1.59. The van der Waals surface area contributed by atoms with Gasteiger partial charge in [0.05, 0.1) is 21.7 Å². The van der Waals surface area contributed by atoms with Crippen LogP contribution in [0.3, 0.4) is 0 Å². The maximum Gasteiger partial charge on any atom is 0.274 e. The maximum atomic E-state index is 12.3. The van der Waals surface area contributed by atoms with Crippen molar-refractivity contribution in [3.05, 3.63) is 82.2 Å². The third-order valence-corrected chi connectivity index (χ3v) is 3.70. The van der Waals surface area contributed by atoms with Crippen molar-refractivity contribution in [1.29, 1.82) is 0 Å². The Balaban J connectivity index is 1.80. The molecule has 1 aromatic heterocycles. The van der Waals surface area contributed by atoms with Crippen molar-refractivity contribution in [1.82, 2.24) is 9.97 Å². The first kappa shape index (κ1) is 16.3. The number of rotatable bonds is 4. The molecular weight excluding hydrogens is 320 g/mol. The lowest BCUT2D eigenvalue weighted by Gasteiger charge is -2.08. The zero-order chi connectivity index (χ0) is 17.8. The molecule has 0 aliphatic rings. The Kier molecular flexibility index (Phi) is 4.47. The molecule has 0 aliphatic heterocycles. The van der Waals surface area contributed by atoms with Crippen LogP contribution in [-0.4, -0.2) is 20.8 Å². The van der Waals surface area contributed by atoms with E-state index < -0.39 is 10.8 Å². The average Bonchev–Trinajstić information content (AvgIpc) is 2.64. The van der Waals surface area contributed by atoms with Gasteiger partial charge in [-0.15, -0.1) is 0 Å². The van der Waals surface area contributed by atoms with Gasteiger partial charge in [0.15, 0.2) is 5.82 Å². The second-order valence-corrected chi connectivity index (χ2v) is 5.32. The molecule has 1 N–H and O–H groups in total. The fourth-order valence-electron chi connectivity index (χ4n) is 2.33. The molecule has 7 heteroatoms. The normalized spacial score (nSPS) is 10.3. The minimum Gasteiger partial charge on any atom is -0.321 e. The van der Waals surface area contributed by atoms with Gasteiger partial charge in [-0.25, -0.2) is 9.97 Å². The number of nitrogens with zero attached hydrogens (tertiary/aromatic N) is 3. The van der Waals surface area contributed by atoms with Gasteiger partial charge in [-0.1, -0.05) is 36.4 Å². The first-order valence-electron chi connectivity index (χ1n) is 7.49. The van der Waals surface area contributed by atoms with Crippen LogP contribution in [0, 0.1) is 17.0 Å². The predicted molar refractivity (Wildman–Crippen MR) is 93.3 cm³/mol. The fraction of sp³-hybridized carbons (Fsp3) is 0.0556. The van der Waals surface area contributed by atoms with Gasteiger partial charge < -0.3 is 5.32 Å². The second kappa shape index (κ2) is 6.88. The monoisotopic (exact) mass is 334 g/mol. The number of carbonyl (C=O) groups excluding carboxylic acids is 1. The first-order chi connectivity index (χ1) is 12.1. The fourth-order valence-corrected chi connectivity index (χ4v) is 2.33.